The maximum Gasteiger partial charge on any atom is 0.118 e. The molecule has 3 nitrogen and oxygen atoms in total. The van der Waals surface area contributed by atoms with E-state index in [0.717, 1.165) is 31.8 Å². The van der Waals surface area contributed by atoms with Gasteiger partial charge < -0.3 is 9.73 Å². The van der Waals surface area contributed by atoms with Crippen molar-refractivity contribution in [3.05, 3.63) is 59.5 Å². The zero-order chi connectivity index (χ0) is 13.5. The van der Waals surface area contributed by atoms with Gasteiger partial charge in [-0.1, -0.05) is 30.3 Å². The van der Waals surface area contributed by atoms with Crippen molar-refractivity contribution < 1.29 is 4.42 Å². The van der Waals surface area contributed by atoms with E-state index >= 15 is 0 Å². The molecule has 0 spiro atoms. The molecular formula is C16H22N2O. The Kier molecular flexibility index (Phi) is 5.19. The Hall–Kier alpha value is -1.58. The number of furan rings is 1. The largest absolute Gasteiger partial charge is 0.468 e. The van der Waals surface area contributed by atoms with Gasteiger partial charge in [0, 0.05) is 18.7 Å². The second-order valence-electron chi connectivity index (χ2n) is 4.92. The number of rotatable bonds is 7. The molecule has 0 bridgehead atoms. The van der Waals surface area contributed by atoms with E-state index in [9.17, 15) is 0 Å². The third-order valence-corrected chi connectivity index (χ3v) is 3.14. The molecule has 0 amide bonds. The summed E-state index contributed by atoms with van der Waals surface area (Å²) in [4.78, 5) is 2.29. The van der Waals surface area contributed by atoms with Crippen molar-refractivity contribution >= 4 is 0 Å². The van der Waals surface area contributed by atoms with E-state index in [-0.39, 0.29) is 0 Å². The molecule has 0 aliphatic carbocycles. The first-order valence-corrected chi connectivity index (χ1v) is 6.71. The molecule has 1 aromatic heterocycles. The predicted molar refractivity (Wildman–Crippen MR) is 78.0 cm³/mol. The van der Waals surface area contributed by atoms with Gasteiger partial charge in [0.25, 0.3) is 0 Å². The van der Waals surface area contributed by atoms with Crippen LogP contribution < -0.4 is 5.32 Å². The van der Waals surface area contributed by atoms with Crippen LogP contribution in [0.25, 0.3) is 0 Å². The molecule has 2 rings (SSSR count). The Bertz CT molecular complexity index is 479. The van der Waals surface area contributed by atoms with E-state index in [0.29, 0.717) is 0 Å². The molecule has 102 valence electrons. The average molecular weight is 258 g/mol. The van der Waals surface area contributed by atoms with Gasteiger partial charge in [0.2, 0.25) is 0 Å². The van der Waals surface area contributed by atoms with E-state index in [1.807, 2.05) is 13.3 Å². The van der Waals surface area contributed by atoms with Crippen molar-refractivity contribution in [2.75, 3.05) is 20.6 Å². The molecule has 0 saturated heterocycles. The van der Waals surface area contributed by atoms with Gasteiger partial charge in [-0.05, 0) is 32.1 Å². The number of nitrogens with one attached hydrogen (secondary N) is 1. The second-order valence-corrected chi connectivity index (χ2v) is 4.92. The molecule has 0 fully saturated rings. The molecule has 1 N–H and O–H groups in total. The monoisotopic (exact) mass is 258 g/mol. The average Bonchev–Trinajstić information content (AvgIpc) is 2.85. The van der Waals surface area contributed by atoms with Crippen molar-refractivity contribution in [1.82, 2.24) is 10.2 Å². The summed E-state index contributed by atoms with van der Waals surface area (Å²) in [5.41, 5.74) is 2.58. The lowest BCUT2D eigenvalue weighted by molar-refractivity contribution is 0.298. The Labute approximate surface area is 115 Å². The van der Waals surface area contributed by atoms with E-state index in [2.05, 4.69) is 53.7 Å². The molecular weight excluding hydrogens is 236 g/mol. The van der Waals surface area contributed by atoms with Gasteiger partial charge in [-0.25, -0.2) is 0 Å². The van der Waals surface area contributed by atoms with Gasteiger partial charge in [-0.3, -0.25) is 4.90 Å². The van der Waals surface area contributed by atoms with Crippen LogP contribution in [0.4, 0.5) is 0 Å². The third kappa shape index (κ3) is 4.54. The summed E-state index contributed by atoms with van der Waals surface area (Å²) in [5.74, 6) is 1.03. The maximum absolute atomic E-state index is 5.56. The molecule has 2 aromatic rings. The van der Waals surface area contributed by atoms with Crippen LogP contribution in [-0.2, 0) is 19.5 Å². The lowest BCUT2D eigenvalue weighted by Gasteiger charge is -2.14. The van der Waals surface area contributed by atoms with E-state index in [4.69, 9.17) is 4.42 Å². The molecule has 0 aliphatic heterocycles. The molecule has 19 heavy (non-hydrogen) atoms. The standard InChI is InChI=1S/C16H22N2O/c1-17-11-15-10-16(19-13-15)12-18(2)9-8-14-6-4-3-5-7-14/h3-7,10,13,17H,8-9,11-12H2,1-2H3. The van der Waals surface area contributed by atoms with Crippen LogP contribution in [0, 0.1) is 0 Å². The lowest BCUT2D eigenvalue weighted by Crippen LogP contribution is -2.20. The van der Waals surface area contributed by atoms with Crippen LogP contribution in [0.2, 0.25) is 0 Å². The first-order valence-electron chi connectivity index (χ1n) is 6.71. The highest BCUT2D eigenvalue weighted by Gasteiger charge is 2.05. The molecule has 0 unspecified atom stereocenters. The Morgan fingerprint density at radius 1 is 1.16 bits per heavy atom. The summed E-state index contributed by atoms with van der Waals surface area (Å²) in [7, 11) is 4.07. The van der Waals surface area contributed by atoms with Crippen LogP contribution >= 0.6 is 0 Å². The van der Waals surface area contributed by atoms with Gasteiger partial charge in [0.1, 0.15) is 5.76 Å². The number of likely N-dealkylation sites (N-methyl/N-ethyl adjacent to an activating group) is 1. The molecule has 0 atom stereocenters. The number of nitrogens with zero attached hydrogens (tertiary/aromatic N) is 1. The zero-order valence-corrected chi connectivity index (χ0v) is 11.7. The van der Waals surface area contributed by atoms with Crippen molar-refractivity contribution in [2.24, 2.45) is 0 Å². The molecule has 0 radical (unpaired) electrons. The van der Waals surface area contributed by atoms with Crippen LogP contribution in [0.3, 0.4) is 0 Å². The Morgan fingerprint density at radius 3 is 2.68 bits per heavy atom. The predicted octanol–water partition coefficient (Wildman–Crippen LogP) is 2.67. The smallest absolute Gasteiger partial charge is 0.118 e. The van der Waals surface area contributed by atoms with E-state index in [1.165, 1.54) is 11.1 Å². The summed E-state index contributed by atoms with van der Waals surface area (Å²) in [5, 5.41) is 3.12. The number of benzene rings is 1. The van der Waals surface area contributed by atoms with Crippen molar-refractivity contribution in [3.63, 3.8) is 0 Å². The highest BCUT2D eigenvalue weighted by Crippen LogP contribution is 2.10. The minimum Gasteiger partial charge on any atom is -0.468 e. The van der Waals surface area contributed by atoms with Gasteiger partial charge in [0.15, 0.2) is 0 Å². The lowest BCUT2D eigenvalue weighted by atomic mass is 10.1. The minimum absolute atomic E-state index is 0.858. The molecule has 1 heterocycles. The summed E-state index contributed by atoms with van der Waals surface area (Å²) in [6.45, 7) is 2.75. The zero-order valence-electron chi connectivity index (χ0n) is 11.7. The van der Waals surface area contributed by atoms with Gasteiger partial charge >= 0.3 is 0 Å². The highest BCUT2D eigenvalue weighted by molar-refractivity contribution is 5.15. The Morgan fingerprint density at radius 2 is 1.95 bits per heavy atom. The molecule has 0 saturated carbocycles. The van der Waals surface area contributed by atoms with E-state index < -0.39 is 0 Å². The van der Waals surface area contributed by atoms with Crippen molar-refractivity contribution in [1.29, 1.82) is 0 Å². The fourth-order valence-corrected chi connectivity index (χ4v) is 2.12. The topological polar surface area (TPSA) is 28.4 Å². The number of hydrogen-bond acceptors (Lipinski definition) is 3. The fourth-order valence-electron chi connectivity index (χ4n) is 2.12. The van der Waals surface area contributed by atoms with Gasteiger partial charge in [-0.2, -0.15) is 0 Å². The van der Waals surface area contributed by atoms with Crippen LogP contribution in [-0.4, -0.2) is 25.5 Å². The van der Waals surface area contributed by atoms with Crippen LogP contribution in [0.1, 0.15) is 16.9 Å². The van der Waals surface area contributed by atoms with Crippen molar-refractivity contribution in [2.45, 2.75) is 19.5 Å². The molecule has 1 aromatic carbocycles. The fraction of sp³-hybridized carbons (Fsp3) is 0.375. The highest BCUT2D eigenvalue weighted by atomic mass is 16.3. The molecule has 3 heteroatoms. The quantitative estimate of drug-likeness (QED) is 0.827. The summed E-state index contributed by atoms with van der Waals surface area (Å²) < 4.78 is 5.56. The van der Waals surface area contributed by atoms with Crippen LogP contribution in [0.5, 0.6) is 0 Å². The Balaban J connectivity index is 1.78. The first kappa shape index (κ1) is 13.8. The van der Waals surface area contributed by atoms with Gasteiger partial charge in [-0.15, -0.1) is 0 Å². The maximum atomic E-state index is 5.56. The second kappa shape index (κ2) is 7.12. The minimum atomic E-state index is 0.858. The summed E-state index contributed by atoms with van der Waals surface area (Å²) >= 11 is 0. The normalized spacial score (nSPS) is 11.1. The van der Waals surface area contributed by atoms with Crippen LogP contribution in [0.15, 0.2) is 47.1 Å². The molecule has 0 aliphatic rings. The first-order chi connectivity index (χ1) is 9.28. The van der Waals surface area contributed by atoms with Gasteiger partial charge in [0.05, 0.1) is 12.8 Å². The summed E-state index contributed by atoms with van der Waals surface area (Å²) in [6, 6.07) is 12.7. The number of hydrogen-bond donors (Lipinski definition) is 1. The third-order valence-electron chi connectivity index (χ3n) is 3.14. The SMILES string of the molecule is CNCc1coc(CN(C)CCc2ccccc2)c1. The van der Waals surface area contributed by atoms with Crippen molar-refractivity contribution in [3.8, 4) is 0 Å². The van der Waals surface area contributed by atoms with E-state index in [1.54, 1.807) is 0 Å². The summed E-state index contributed by atoms with van der Waals surface area (Å²) in [6.07, 6.45) is 2.90.